The zero-order chi connectivity index (χ0) is 17.3. The van der Waals surface area contributed by atoms with Gasteiger partial charge in [0, 0.05) is 23.6 Å². The van der Waals surface area contributed by atoms with E-state index in [1.165, 1.54) is 0 Å². The lowest BCUT2D eigenvalue weighted by atomic mass is 10.1. The monoisotopic (exact) mass is 325 g/mol. The number of ether oxygens (including phenoxy) is 2. The molecule has 3 rings (SSSR count). The molecule has 0 spiro atoms. The molecule has 0 fully saturated rings. The van der Waals surface area contributed by atoms with Crippen molar-refractivity contribution in [1.82, 2.24) is 0 Å². The highest BCUT2D eigenvalue weighted by molar-refractivity contribution is 6.05. The molecule has 0 radical (unpaired) electrons. The quantitative estimate of drug-likeness (QED) is 0.913. The molecule has 0 bridgehead atoms. The van der Waals surface area contributed by atoms with Gasteiger partial charge >= 0.3 is 0 Å². The van der Waals surface area contributed by atoms with Crippen molar-refractivity contribution in [3.05, 3.63) is 52.6 Å². The van der Waals surface area contributed by atoms with Crippen LogP contribution in [0.2, 0.25) is 0 Å². The molecule has 0 saturated heterocycles. The summed E-state index contributed by atoms with van der Waals surface area (Å²) in [5.41, 5.74) is 4.54. The second-order valence-electron chi connectivity index (χ2n) is 6.35. The Balaban J connectivity index is 1.91. The maximum Gasteiger partial charge on any atom is 0.255 e. The summed E-state index contributed by atoms with van der Waals surface area (Å²) in [5.74, 6) is 1.36. The lowest BCUT2D eigenvalue weighted by Gasteiger charge is -2.14. The van der Waals surface area contributed by atoms with Crippen LogP contribution in [-0.2, 0) is 6.42 Å². The lowest BCUT2D eigenvalue weighted by molar-refractivity contribution is 0.102. The second kappa shape index (κ2) is 6.56. The third-order valence-electron chi connectivity index (χ3n) is 4.03. The van der Waals surface area contributed by atoms with Crippen LogP contribution >= 0.6 is 0 Å². The van der Waals surface area contributed by atoms with Gasteiger partial charge in [-0.05, 0) is 45.9 Å². The minimum atomic E-state index is -0.145. The number of carbonyl (C=O) groups is 1. The zero-order valence-electron chi connectivity index (χ0n) is 14.6. The molecule has 0 saturated carbocycles. The Morgan fingerprint density at radius 1 is 1.21 bits per heavy atom. The fraction of sp³-hybridized carbons (Fsp3) is 0.350. The van der Waals surface area contributed by atoms with E-state index in [2.05, 4.69) is 5.32 Å². The third kappa shape index (κ3) is 3.37. The van der Waals surface area contributed by atoms with Gasteiger partial charge in [-0.15, -0.1) is 0 Å². The van der Waals surface area contributed by atoms with E-state index in [9.17, 15) is 4.79 Å². The molecule has 1 heterocycles. The minimum Gasteiger partial charge on any atom is -0.492 e. The number of fused-ring (bicyclic) bond motifs is 1. The minimum absolute atomic E-state index is 0.145. The summed E-state index contributed by atoms with van der Waals surface area (Å²) in [4.78, 5) is 12.6. The molecule has 2 aromatic rings. The van der Waals surface area contributed by atoms with Crippen molar-refractivity contribution < 1.29 is 14.3 Å². The number of anilines is 1. The summed E-state index contributed by atoms with van der Waals surface area (Å²) in [6, 6.07) is 9.65. The maximum absolute atomic E-state index is 12.6. The van der Waals surface area contributed by atoms with Crippen molar-refractivity contribution in [2.75, 3.05) is 11.9 Å². The molecule has 4 nitrogen and oxygen atoms in total. The Hall–Kier alpha value is -2.49. The van der Waals surface area contributed by atoms with Crippen LogP contribution in [0, 0.1) is 13.8 Å². The molecule has 4 heteroatoms. The number of hydrogen-bond acceptors (Lipinski definition) is 3. The first-order chi connectivity index (χ1) is 11.5. The summed E-state index contributed by atoms with van der Waals surface area (Å²) in [7, 11) is 0. The van der Waals surface area contributed by atoms with Crippen molar-refractivity contribution in [1.29, 1.82) is 0 Å². The van der Waals surface area contributed by atoms with Crippen molar-refractivity contribution in [2.45, 2.75) is 40.2 Å². The molecular formula is C20H23NO3. The highest BCUT2D eigenvalue weighted by Gasteiger charge is 2.22. The normalized spacial score (nSPS) is 15.6. The fourth-order valence-corrected chi connectivity index (χ4v) is 3.11. The molecule has 1 N–H and O–H groups in total. The molecule has 0 unspecified atom stereocenters. The van der Waals surface area contributed by atoms with Gasteiger partial charge < -0.3 is 14.8 Å². The first-order valence-electron chi connectivity index (χ1n) is 8.32. The molecule has 2 aromatic carbocycles. The molecule has 0 aromatic heterocycles. The van der Waals surface area contributed by atoms with Gasteiger partial charge in [-0.2, -0.15) is 0 Å². The Bertz CT molecular complexity index is 762. The van der Waals surface area contributed by atoms with Gasteiger partial charge in [-0.3, -0.25) is 4.79 Å². The average Bonchev–Trinajstić information content (AvgIpc) is 2.85. The lowest BCUT2D eigenvalue weighted by Crippen LogP contribution is -2.13. The summed E-state index contributed by atoms with van der Waals surface area (Å²) in [5, 5.41) is 2.97. The summed E-state index contributed by atoms with van der Waals surface area (Å²) in [6.07, 6.45) is 1.01. The first kappa shape index (κ1) is 16.4. The standard InChI is InChI=1S/C20H23NO3/c1-5-23-19-10-15-9-14(4)24-18(15)11-17(19)21-20(22)16-7-12(2)6-13(3)8-16/h6-8,10-11,14H,5,9H2,1-4H3,(H,21,22)/t14-/m1/s1. The number of aryl methyl sites for hydroxylation is 2. The van der Waals surface area contributed by atoms with Crippen LogP contribution in [0.1, 0.15) is 40.9 Å². The van der Waals surface area contributed by atoms with E-state index in [-0.39, 0.29) is 12.0 Å². The maximum atomic E-state index is 12.6. The van der Waals surface area contributed by atoms with Crippen LogP contribution in [0.25, 0.3) is 0 Å². The topological polar surface area (TPSA) is 47.6 Å². The Morgan fingerprint density at radius 2 is 1.92 bits per heavy atom. The molecule has 1 amide bonds. The third-order valence-corrected chi connectivity index (χ3v) is 4.03. The van der Waals surface area contributed by atoms with Crippen molar-refractivity contribution in [3.63, 3.8) is 0 Å². The van der Waals surface area contributed by atoms with E-state index < -0.39 is 0 Å². The average molecular weight is 325 g/mol. The Morgan fingerprint density at radius 3 is 2.58 bits per heavy atom. The molecular weight excluding hydrogens is 302 g/mol. The smallest absolute Gasteiger partial charge is 0.255 e. The molecule has 1 aliphatic rings. The van der Waals surface area contributed by atoms with Crippen LogP contribution in [0.5, 0.6) is 11.5 Å². The largest absolute Gasteiger partial charge is 0.492 e. The Kier molecular flexibility index (Phi) is 4.47. The SMILES string of the molecule is CCOc1cc2c(cc1NC(=O)c1cc(C)cc(C)c1)O[C@H](C)C2. The van der Waals surface area contributed by atoms with E-state index in [1.54, 1.807) is 0 Å². The van der Waals surface area contributed by atoms with Crippen molar-refractivity contribution >= 4 is 11.6 Å². The van der Waals surface area contributed by atoms with E-state index in [0.717, 1.165) is 28.9 Å². The molecule has 1 atom stereocenters. The van der Waals surface area contributed by atoms with Gasteiger partial charge in [-0.1, -0.05) is 17.2 Å². The van der Waals surface area contributed by atoms with Gasteiger partial charge in [0.05, 0.1) is 12.3 Å². The predicted octanol–water partition coefficient (Wildman–Crippen LogP) is 4.28. The van der Waals surface area contributed by atoms with Gasteiger partial charge in [0.25, 0.3) is 5.91 Å². The first-order valence-corrected chi connectivity index (χ1v) is 8.32. The van der Waals surface area contributed by atoms with E-state index in [0.29, 0.717) is 23.6 Å². The van der Waals surface area contributed by atoms with Crippen molar-refractivity contribution in [2.24, 2.45) is 0 Å². The second-order valence-corrected chi connectivity index (χ2v) is 6.35. The number of amides is 1. The van der Waals surface area contributed by atoms with E-state index >= 15 is 0 Å². The highest BCUT2D eigenvalue weighted by Crippen LogP contribution is 2.38. The number of carbonyl (C=O) groups excluding carboxylic acids is 1. The molecule has 0 aliphatic carbocycles. The van der Waals surface area contributed by atoms with Crippen LogP contribution in [0.15, 0.2) is 30.3 Å². The van der Waals surface area contributed by atoms with Crippen LogP contribution < -0.4 is 14.8 Å². The highest BCUT2D eigenvalue weighted by atomic mass is 16.5. The molecule has 1 aliphatic heterocycles. The van der Waals surface area contributed by atoms with Gasteiger partial charge in [0.1, 0.15) is 17.6 Å². The van der Waals surface area contributed by atoms with Gasteiger partial charge in [0.15, 0.2) is 0 Å². The van der Waals surface area contributed by atoms with E-state index in [4.69, 9.17) is 9.47 Å². The molecule has 126 valence electrons. The van der Waals surface area contributed by atoms with Gasteiger partial charge in [0.2, 0.25) is 0 Å². The van der Waals surface area contributed by atoms with Gasteiger partial charge in [-0.25, -0.2) is 0 Å². The van der Waals surface area contributed by atoms with Crippen LogP contribution in [0.3, 0.4) is 0 Å². The fourth-order valence-electron chi connectivity index (χ4n) is 3.11. The Labute approximate surface area is 142 Å². The number of hydrogen-bond donors (Lipinski definition) is 1. The summed E-state index contributed by atoms with van der Waals surface area (Å²) in [6.45, 7) is 8.48. The number of nitrogens with one attached hydrogen (secondary N) is 1. The molecule has 24 heavy (non-hydrogen) atoms. The zero-order valence-corrected chi connectivity index (χ0v) is 14.6. The number of rotatable bonds is 4. The number of benzene rings is 2. The van der Waals surface area contributed by atoms with Crippen LogP contribution in [0.4, 0.5) is 5.69 Å². The predicted molar refractivity (Wildman–Crippen MR) is 95.3 cm³/mol. The summed E-state index contributed by atoms with van der Waals surface area (Å²) < 4.78 is 11.5. The van der Waals surface area contributed by atoms with E-state index in [1.807, 2.05) is 58.0 Å². The van der Waals surface area contributed by atoms with Crippen molar-refractivity contribution in [3.8, 4) is 11.5 Å². The van der Waals surface area contributed by atoms with Crippen LogP contribution in [-0.4, -0.2) is 18.6 Å². The summed E-state index contributed by atoms with van der Waals surface area (Å²) >= 11 is 0.